The molecule has 1 amide bonds. The van der Waals surface area contributed by atoms with Gasteiger partial charge in [-0.05, 0) is 59.9 Å². The number of carbonyl (C=O) groups is 1. The highest BCUT2D eigenvalue weighted by atomic mass is 16.5. The summed E-state index contributed by atoms with van der Waals surface area (Å²) in [6.45, 7) is 1.03. The van der Waals surface area contributed by atoms with Crippen LogP contribution in [0.1, 0.15) is 34.5 Å². The number of carbonyl (C=O) groups excluding carboxylic acids is 1. The number of rotatable bonds is 10. The fraction of sp³-hybridized carbons (Fsp3) is 0.226. The predicted octanol–water partition coefficient (Wildman–Crippen LogP) is 5.72. The molecular formula is C31H29N5O4. The number of aromatic nitrogens is 3. The van der Waals surface area contributed by atoms with Crippen LogP contribution in [0.3, 0.4) is 0 Å². The van der Waals surface area contributed by atoms with Crippen molar-refractivity contribution < 1.29 is 18.8 Å². The molecule has 0 aliphatic heterocycles. The van der Waals surface area contributed by atoms with Crippen molar-refractivity contribution in [1.82, 2.24) is 20.0 Å². The molecule has 9 nitrogen and oxygen atoms in total. The summed E-state index contributed by atoms with van der Waals surface area (Å²) < 4.78 is 16.0. The Morgan fingerprint density at radius 2 is 1.88 bits per heavy atom. The van der Waals surface area contributed by atoms with Gasteiger partial charge in [-0.3, -0.25) is 4.79 Å². The molecule has 1 N–H and O–H groups in total. The molecule has 40 heavy (non-hydrogen) atoms. The number of ether oxygens (including phenoxy) is 2. The molecule has 0 spiro atoms. The highest BCUT2D eigenvalue weighted by molar-refractivity contribution is 5.93. The molecule has 0 saturated heterocycles. The number of nitrogens with one attached hydrogen (secondary N) is 1. The van der Waals surface area contributed by atoms with Gasteiger partial charge >= 0.3 is 0 Å². The molecule has 1 aliphatic carbocycles. The fourth-order valence-corrected chi connectivity index (χ4v) is 4.82. The van der Waals surface area contributed by atoms with Crippen LogP contribution >= 0.6 is 0 Å². The summed E-state index contributed by atoms with van der Waals surface area (Å²) in [6, 6.07) is 22.0. The highest BCUT2D eigenvalue weighted by Gasteiger charge is 2.34. The largest absolute Gasteiger partial charge is 0.497 e. The zero-order chi connectivity index (χ0) is 27.5. The monoisotopic (exact) mass is 535 g/mol. The molecule has 0 atom stereocenters. The Balaban J connectivity index is 1.25. The third-order valence-corrected chi connectivity index (χ3v) is 7.09. The molecule has 2 aromatic heterocycles. The van der Waals surface area contributed by atoms with Gasteiger partial charge in [0.05, 0.1) is 25.9 Å². The molecule has 0 unspecified atom stereocenters. The highest BCUT2D eigenvalue weighted by Crippen LogP contribution is 2.32. The topological polar surface area (TPSA) is 103 Å². The lowest BCUT2D eigenvalue weighted by atomic mass is 10.0. The van der Waals surface area contributed by atoms with Crippen molar-refractivity contribution in [3.63, 3.8) is 0 Å². The molecule has 9 heteroatoms. The minimum atomic E-state index is -0.127. The van der Waals surface area contributed by atoms with Crippen molar-refractivity contribution in [3.05, 3.63) is 96.1 Å². The molecule has 5 aromatic rings. The standard InChI is InChI=1S/C31H29N5O4/c1-38-25-10-6-23(29(16-25)39-2)17-32-30-26-15-22(7-11-27(26)33-19-34-30)21-5-3-4-20(14-21)18-36(24-8-9-24)31(37)28-12-13-35-40-28/h3-7,10-16,19,24H,8-9,17-18H2,1-2H3,(H,32,33,34). The van der Waals surface area contributed by atoms with E-state index in [1.54, 1.807) is 26.6 Å². The molecule has 202 valence electrons. The summed E-state index contributed by atoms with van der Waals surface area (Å²) in [5.74, 6) is 2.35. The summed E-state index contributed by atoms with van der Waals surface area (Å²) in [5, 5.41) is 8.06. The molecule has 2 heterocycles. The Bertz CT molecular complexity index is 1650. The number of hydrogen-bond acceptors (Lipinski definition) is 8. The van der Waals surface area contributed by atoms with E-state index < -0.39 is 0 Å². The Kier molecular flexibility index (Phi) is 7.01. The van der Waals surface area contributed by atoms with E-state index in [2.05, 4.69) is 44.7 Å². The van der Waals surface area contributed by atoms with E-state index in [9.17, 15) is 4.79 Å². The van der Waals surface area contributed by atoms with Crippen molar-refractivity contribution in [3.8, 4) is 22.6 Å². The first-order chi connectivity index (χ1) is 19.6. The fourth-order valence-electron chi connectivity index (χ4n) is 4.82. The van der Waals surface area contributed by atoms with E-state index in [1.165, 1.54) is 6.20 Å². The number of amides is 1. The van der Waals surface area contributed by atoms with Crippen LogP contribution in [-0.4, -0.2) is 46.2 Å². The van der Waals surface area contributed by atoms with E-state index >= 15 is 0 Å². The van der Waals surface area contributed by atoms with Gasteiger partial charge in [0.25, 0.3) is 5.91 Å². The molecule has 0 bridgehead atoms. The first kappa shape index (κ1) is 25.4. The summed E-state index contributed by atoms with van der Waals surface area (Å²) in [6.07, 6.45) is 5.07. The van der Waals surface area contributed by atoms with E-state index in [0.717, 1.165) is 63.3 Å². The van der Waals surface area contributed by atoms with Gasteiger partial charge in [0.1, 0.15) is 23.6 Å². The Labute approximate surface area is 231 Å². The lowest BCUT2D eigenvalue weighted by molar-refractivity contribution is 0.0687. The van der Waals surface area contributed by atoms with Crippen molar-refractivity contribution >= 4 is 22.6 Å². The van der Waals surface area contributed by atoms with Gasteiger partial charge in [-0.25, -0.2) is 9.97 Å². The third kappa shape index (κ3) is 5.31. The molecule has 1 aliphatic rings. The SMILES string of the molecule is COc1ccc(CNc2ncnc3ccc(-c4cccc(CN(C(=O)c5ccno5)C5CC5)c4)cc23)c(OC)c1. The van der Waals surface area contributed by atoms with Crippen LogP contribution in [0.25, 0.3) is 22.0 Å². The number of nitrogens with zero attached hydrogens (tertiary/aromatic N) is 4. The number of anilines is 1. The minimum Gasteiger partial charge on any atom is -0.497 e. The van der Waals surface area contributed by atoms with Crippen LogP contribution in [0.2, 0.25) is 0 Å². The van der Waals surface area contributed by atoms with Gasteiger partial charge in [0, 0.05) is 42.2 Å². The number of fused-ring (bicyclic) bond motifs is 1. The van der Waals surface area contributed by atoms with Crippen LogP contribution in [0.5, 0.6) is 11.5 Å². The quantitative estimate of drug-likeness (QED) is 0.242. The van der Waals surface area contributed by atoms with E-state index in [-0.39, 0.29) is 17.7 Å². The van der Waals surface area contributed by atoms with Crippen molar-refractivity contribution in [2.24, 2.45) is 0 Å². The van der Waals surface area contributed by atoms with Crippen LogP contribution in [0.15, 0.2) is 83.8 Å². The molecular weight excluding hydrogens is 506 g/mol. The van der Waals surface area contributed by atoms with Crippen molar-refractivity contribution in [1.29, 1.82) is 0 Å². The Hall–Kier alpha value is -4.92. The van der Waals surface area contributed by atoms with Gasteiger partial charge in [-0.1, -0.05) is 29.4 Å². The lowest BCUT2D eigenvalue weighted by Crippen LogP contribution is -2.32. The molecule has 3 aromatic carbocycles. The summed E-state index contributed by atoms with van der Waals surface area (Å²) >= 11 is 0. The summed E-state index contributed by atoms with van der Waals surface area (Å²) in [4.78, 5) is 23.9. The number of benzene rings is 3. The average Bonchev–Trinajstić information content (AvgIpc) is 3.70. The van der Waals surface area contributed by atoms with E-state index in [1.807, 2.05) is 41.3 Å². The van der Waals surface area contributed by atoms with Gasteiger partial charge in [-0.2, -0.15) is 0 Å². The second-order valence-corrected chi connectivity index (χ2v) is 9.73. The summed E-state index contributed by atoms with van der Waals surface area (Å²) in [5.41, 5.74) is 4.96. The average molecular weight is 536 g/mol. The van der Waals surface area contributed by atoms with Crippen LogP contribution in [0, 0.1) is 0 Å². The minimum absolute atomic E-state index is 0.127. The van der Waals surface area contributed by atoms with Crippen LogP contribution < -0.4 is 14.8 Å². The van der Waals surface area contributed by atoms with Gasteiger partial charge in [0.2, 0.25) is 5.76 Å². The second kappa shape index (κ2) is 11.1. The first-order valence-electron chi connectivity index (χ1n) is 13.1. The zero-order valence-corrected chi connectivity index (χ0v) is 22.3. The maximum atomic E-state index is 13.0. The zero-order valence-electron chi connectivity index (χ0n) is 22.3. The predicted molar refractivity (Wildman–Crippen MR) is 151 cm³/mol. The first-order valence-corrected chi connectivity index (χ1v) is 13.1. The Morgan fingerprint density at radius 1 is 1.00 bits per heavy atom. The van der Waals surface area contributed by atoms with Crippen molar-refractivity contribution in [2.45, 2.75) is 32.0 Å². The number of hydrogen-bond donors (Lipinski definition) is 1. The normalized spacial score (nSPS) is 12.8. The number of methoxy groups -OCH3 is 2. The maximum absolute atomic E-state index is 13.0. The summed E-state index contributed by atoms with van der Waals surface area (Å²) in [7, 11) is 3.28. The Morgan fingerprint density at radius 3 is 2.65 bits per heavy atom. The van der Waals surface area contributed by atoms with Crippen LogP contribution in [0.4, 0.5) is 5.82 Å². The van der Waals surface area contributed by atoms with Gasteiger partial charge < -0.3 is 24.2 Å². The second-order valence-electron chi connectivity index (χ2n) is 9.73. The smallest absolute Gasteiger partial charge is 0.293 e. The molecule has 1 fully saturated rings. The van der Waals surface area contributed by atoms with Gasteiger partial charge in [-0.15, -0.1) is 0 Å². The van der Waals surface area contributed by atoms with Gasteiger partial charge in [0.15, 0.2) is 0 Å². The molecule has 6 rings (SSSR count). The van der Waals surface area contributed by atoms with Crippen LogP contribution in [-0.2, 0) is 13.1 Å². The van der Waals surface area contributed by atoms with E-state index in [0.29, 0.717) is 13.1 Å². The lowest BCUT2D eigenvalue weighted by Gasteiger charge is -2.21. The van der Waals surface area contributed by atoms with Crippen molar-refractivity contribution in [2.75, 3.05) is 19.5 Å². The maximum Gasteiger partial charge on any atom is 0.293 e. The molecule has 0 radical (unpaired) electrons. The van der Waals surface area contributed by atoms with E-state index in [4.69, 9.17) is 14.0 Å². The molecule has 1 saturated carbocycles. The third-order valence-electron chi connectivity index (χ3n) is 7.09.